The fraction of sp³-hybridized carbons (Fsp3) is 0.895. The summed E-state index contributed by atoms with van der Waals surface area (Å²) in [5.74, 6) is 4.24. The number of thioether (sulfide) groups is 2. The number of rotatable bonds is 14. The van der Waals surface area contributed by atoms with E-state index >= 15 is 0 Å². The van der Waals surface area contributed by atoms with E-state index in [1.807, 2.05) is 23.5 Å². The van der Waals surface area contributed by atoms with Crippen LogP contribution in [0.3, 0.4) is 0 Å². The van der Waals surface area contributed by atoms with E-state index in [2.05, 4.69) is 27.7 Å². The molecule has 0 fully saturated rings. The standard InChI is InChI=1S/C19H36O4S2/c1-18(2,14-16(20)22-5)8-12-24-10-7-11-25-13-9-19(3,4)15-17(21)23-6/h7-15H2,1-6H3. The van der Waals surface area contributed by atoms with Crippen molar-refractivity contribution in [3.8, 4) is 0 Å². The molecule has 0 atom stereocenters. The maximum atomic E-state index is 11.4. The van der Waals surface area contributed by atoms with E-state index < -0.39 is 0 Å². The summed E-state index contributed by atoms with van der Waals surface area (Å²) in [7, 11) is 2.89. The number of hydrogen-bond donors (Lipinski definition) is 0. The van der Waals surface area contributed by atoms with Crippen molar-refractivity contribution in [3.05, 3.63) is 0 Å². The molecule has 0 aromatic heterocycles. The molecule has 0 aliphatic rings. The zero-order chi connectivity index (χ0) is 19.3. The van der Waals surface area contributed by atoms with Crippen molar-refractivity contribution in [3.63, 3.8) is 0 Å². The summed E-state index contributed by atoms with van der Waals surface area (Å²) in [5.41, 5.74) is 0.0279. The molecular formula is C19H36O4S2. The molecule has 0 amide bonds. The molecule has 0 unspecified atom stereocenters. The summed E-state index contributed by atoms with van der Waals surface area (Å²) in [6, 6.07) is 0. The van der Waals surface area contributed by atoms with Crippen molar-refractivity contribution in [1.29, 1.82) is 0 Å². The van der Waals surface area contributed by atoms with Gasteiger partial charge in [-0.1, -0.05) is 27.7 Å². The molecule has 0 radical (unpaired) electrons. The predicted molar refractivity (Wildman–Crippen MR) is 109 cm³/mol. The van der Waals surface area contributed by atoms with Gasteiger partial charge in [0.05, 0.1) is 27.1 Å². The smallest absolute Gasteiger partial charge is 0.306 e. The van der Waals surface area contributed by atoms with E-state index in [1.165, 1.54) is 20.6 Å². The van der Waals surface area contributed by atoms with Gasteiger partial charge >= 0.3 is 11.9 Å². The van der Waals surface area contributed by atoms with Gasteiger partial charge in [0.2, 0.25) is 0 Å². The molecule has 148 valence electrons. The highest BCUT2D eigenvalue weighted by Gasteiger charge is 2.23. The molecule has 0 aliphatic heterocycles. The predicted octanol–water partition coefficient (Wildman–Crippen LogP) is 4.80. The first kappa shape index (κ1) is 24.6. The van der Waals surface area contributed by atoms with Crippen LogP contribution in [0.1, 0.15) is 59.8 Å². The summed E-state index contributed by atoms with van der Waals surface area (Å²) in [6.45, 7) is 8.49. The van der Waals surface area contributed by atoms with Crippen LogP contribution in [0.2, 0.25) is 0 Å². The van der Waals surface area contributed by atoms with Crippen LogP contribution in [-0.4, -0.2) is 49.2 Å². The zero-order valence-electron chi connectivity index (χ0n) is 16.8. The summed E-state index contributed by atoms with van der Waals surface area (Å²) < 4.78 is 9.49. The lowest BCUT2D eigenvalue weighted by atomic mass is 9.86. The Bertz CT molecular complexity index is 359. The lowest BCUT2D eigenvalue weighted by Crippen LogP contribution is -2.19. The largest absolute Gasteiger partial charge is 0.469 e. The van der Waals surface area contributed by atoms with E-state index in [9.17, 15) is 9.59 Å². The summed E-state index contributed by atoms with van der Waals surface area (Å²) in [4.78, 5) is 22.7. The average molecular weight is 393 g/mol. The second kappa shape index (κ2) is 12.9. The van der Waals surface area contributed by atoms with Crippen LogP contribution >= 0.6 is 23.5 Å². The van der Waals surface area contributed by atoms with Gasteiger partial charge in [-0.15, -0.1) is 0 Å². The van der Waals surface area contributed by atoms with Gasteiger partial charge in [-0.3, -0.25) is 9.59 Å². The molecular weight excluding hydrogens is 356 g/mol. The fourth-order valence-corrected chi connectivity index (χ4v) is 4.95. The zero-order valence-corrected chi connectivity index (χ0v) is 18.4. The molecule has 0 rings (SSSR count). The number of esters is 2. The van der Waals surface area contributed by atoms with E-state index in [0.717, 1.165) is 35.9 Å². The molecule has 0 bridgehead atoms. The Hall–Kier alpha value is -0.360. The van der Waals surface area contributed by atoms with Crippen LogP contribution in [0.15, 0.2) is 0 Å². The minimum atomic E-state index is -0.124. The van der Waals surface area contributed by atoms with Crippen LogP contribution in [0.25, 0.3) is 0 Å². The highest BCUT2D eigenvalue weighted by molar-refractivity contribution is 8.00. The third-order valence-corrected chi connectivity index (χ3v) is 6.27. The molecule has 0 aromatic carbocycles. The van der Waals surface area contributed by atoms with Gasteiger partial charge in [-0.2, -0.15) is 23.5 Å². The van der Waals surface area contributed by atoms with Crippen LogP contribution in [-0.2, 0) is 19.1 Å². The third kappa shape index (κ3) is 14.5. The molecule has 0 saturated carbocycles. The van der Waals surface area contributed by atoms with Crippen LogP contribution in [0, 0.1) is 10.8 Å². The number of carbonyl (C=O) groups excluding carboxylic acids is 2. The summed E-state index contributed by atoms with van der Waals surface area (Å²) >= 11 is 3.93. The topological polar surface area (TPSA) is 52.6 Å². The molecule has 0 heterocycles. The van der Waals surface area contributed by atoms with Gasteiger partial charge < -0.3 is 9.47 Å². The van der Waals surface area contributed by atoms with E-state index in [-0.39, 0.29) is 22.8 Å². The van der Waals surface area contributed by atoms with Gasteiger partial charge in [0.15, 0.2) is 0 Å². The Labute approximate surface area is 162 Å². The number of hydrogen-bond acceptors (Lipinski definition) is 6. The highest BCUT2D eigenvalue weighted by Crippen LogP contribution is 2.29. The van der Waals surface area contributed by atoms with Gasteiger partial charge in [-0.25, -0.2) is 0 Å². The molecule has 0 spiro atoms. The number of carbonyl (C=O) groups is 2. The summed E-state index contributed by atoms with van der Waals surface area (Å²) in [5, 5.41) is 0. The third-order valence-electron chi connectivity index (χ3n) is 4.12. The monoisotopic (exact) mass is 392 g/mol. The number of methoxy groups -OCH3 is 2. The molecule has 0 N–H and O–H groups in total. The average Bonchev–Trinajstić information content (AvgIpc) is 2.51. The van der Waals surface area contributed by atoms with Crippen LogP contribution in [0.5, 0.6) is 0 Å². The van der Waals surface area contributed by atoms with Crippen molar-refractivity contribution >= 4 is 35.5 Å². The van der Waals surface area contributed by atoms with E-state index in [0.29, 0.717) is 12.8 Å². The highest BCUT2D eigenvalue weighted by atomic mass is 32.2. The molecule has 6 heteroatoms. The SMILES string of the molecule is COC(=O)CC(C)(C)CCSCCCSCCC(C)(C)CC(=O)OC. The van der Waals surface area contributed by atoms with Crippen molar-refractivity contribution in [2.75, 3.05) is 37.2 Å². The van der Waals surface area contributed by atoms with Crippen molar-refractivity contribution in [1.82, 2.24) is 0 Å². The normalized spacial score (nSPS) is 12.1. The fourth-order valence-electron chi connectivity index (χ4n) is 2.27. The first-order valence-electron chi connectivity index (χ1n) is 8.91. The Morgan fingerprint density at radius 2 is 1.08 bits per heavy atom. The van der Waals surface area contributed by atoms with Crippen LogP contribution < -0.4 is 0 Å². The first-order valence-corrected chi connectivity index (χ1v) is 11.2. The second-order valence-electron chi connectivity index (χ2n) is 7.91. The second-order valence-corrected chi connectivity index (χ2v) is 10.4. The van der Waals surface area contributed by atoms with E-state index in [1.54, 1.807) is 0 Å². The minimum absolute atomic E-state index is 0.0140. The quantitative estimate of drug-likeness (QED) is 0.312. The summed E-state index contributed by atoms with van der Waals surface area (Å²) in [6.07, 6.45) is 4.23. The van der Waals surface area contributed by atoms with Crippen molar-refractivity contribution < 1.29 is 19.1 Å². The minimum Gasteiger partial charge on any atom is -0.469 e. The van der Waals surface area contributed by atoms with Gasteiger partial charge in [-0.05, 0) is 53.1 Å². The molecule has 0 aliphatic carbocycles. The molecule has 0 saturated heterocycles. The lowest BCUT2D eigenvalue weighted by Gasteiger charge is -2.23. The maximum absolute atomic E-state index is 11.4. The Kier molecular flexibility index (Phi) is 12.7. The van der Waals surface area contributed by atoms with Gasteiger partial charge in [0.25, 0.3) is 0 Å². The van der Waals surface area contributed by atoms with Crippen molar-refractivity contribution in [2.45, 2.75) is 59.8 Å². The first-order chi connectivity index (χ1) is 11.6. The van der Waals surface area contributed by atoms with Gasteiger partial charge in [0.1, 0.15) is 0 Å². The lowest BCUT2D eigenvalue weighted by molar-refractivity contribution is -0.143. The Morgan fingerprint density at radius 1 is 0.720 bits per heavy atom. The van der Waals surface area contributed by atoms with Gasteiger partial charge in [0, 0.05) is 0 Å². The van der Waals surface area contributed by atoms with Crippen molar-refractivity contribution in [2.24, 2.45) is 10.8 Å². The molecule has 25 heavy (non-hydrogen) atoms. The van der Waals surface area contributed by atoms with E-state index in [4.69, 9.17) is 9.47 Å². The maximum Gasteiger partial charge on any atom is 0.306 e. The number of ether oxygens (including phenoxy) is 2. The molecule has 4 nitrogen and oxygen atoms in total. The molecule has 0 aromatic rings. The Balaban J connectivity index is 3.62. The van der Waals surface area contributed by atoms with Crippen LogP contribution in [0.4, 0.5) is 0 Å². The Morgan fingerprint density at radius 3 is 1.40 bits per heavy atom.